The van der Waals surface area contributed by atoms with Crippen LogP contribution in [0.1, 0.15) is 18.9 Å². The van der Waals surface area contributed by atoms with Crippen LogP contribution >= 0.6 is 0 Å². The summed E-state index contributed by atoms with van der Waals surface area (Å²) in [5.41, 5.74) is 1.20. The van der Waals surface area contributed by atoms with Crippen molar-refractivity contribution in [1.29, 1.82) is 5.26 Å². The zero-order chi connectivity index (χ0) is 12.0. The maximum absolute atomic E-state index is 8.64. The van der Waals surface area contributed by atoms with Gasteiger partial charge in [-0.3, -0.25) is 4.90 Å². The number of rotatable bonds is 5. The molecule has 0 saturated carbocycles. The Morgan fingerprint density at radius 2 is 2.25 bits per heavy atom. The lowest BCUT2D eigenvalue weighted by Crippen LogP contribution is -2.28. The minimum atomic E-state index is 0.274. The summed E-state index contributed by atoms with van der Waals surface area (Å²) < 4.78 is 5.17. The number of benzene rings is 1. The molecule has 0 heterocycles. The van der Waals surface area contributed by atoms with Gasteiger partial charge >= 0.3 is 0 Å². The Bertz CT molecular complexity index is 370. The fourth-order valence-electron chi connectivity index (χ4n) is 1.50. The van der Waals surface area contributed by atoms with E-state index in [1.807, 2.05) is 25.2 Å². The average Bonchev–Trinajstić information content (AvgIpc) is 2.29. The van der Waals surface area contributed by atoms with E-state index in [4.69, 9.17) is 10.00 Å². The molecule has 0 aliphatic rings. The van der Waals surface area contributed by atoms with E-state index in [2.05, 4.69) is 24.0 Å². The minimum absolute atomic E-state index is 0.274. The highest BCUT2D eigenvalue weighted by molar-refractivity contribution is 5.28. The molecule has 0 aliphatic heterocycles. The largest absolute Gasteiger partial charge is 0.497 e. The molecular weight excluding hydrogens is 200 g/mol. The van der Waals surface area contributed by atoms with Crippen molar-refractivity contribution in [3.8, 4) is 11.8 Å². The van der Waals surface area contributed by atoms with Crippen LogP contribution in [0.4, 0.5) is 0 Å². The number of methoxy groups -OCH3 is 1. The lowest BCUT2D eigenvalue weighted by Gasteiger charge is -2.22. The lowest BCUT2D eigenvalue weighted by atomic mass is 10.1. The first-order chi connectivity index (χ1) is 7.67. The third-order valence-electron chi connectivity index (χ3n) is 2.71. The highest BCUT2D eigenvalue weighted by Crippen LogP contribution is 2.15. The minimum Gasteiger partial charge on any atom is -0.497 e. The molecule has 0 amide bonds. The Labute approximate surface area is 97.3 Å². The molecule has 1 aromatic rings. The van der Waals surface area contributed by atoms with Gasteiger partial charge in [0.1, 0.15) is 5.75 Å². The third kappa shape index (κ3) is 3.56. The van der Waals surface area contributed by atoms with Crippen molar-refractivity contribution in [2.24, 2.45) is 0 Å². The zero-order valence-electron chi connectivity index (χ0n) is 10.1. The van der Waals surface area contributed by atoms with Gasteiger partial charge in [0, 0.05) is 12.6 Å². The van der Waals surface area contributed by atoms with Gasteiger partial charge in [0.05, 0.1) is 19.6 Å². The molecule has 3 nitrogen and oxygen atoms in total. The molecule has 0 spiro atoms. The third-order valence-corrected chi connectivity index (χ3v) is 2.71. The van der Waals surface area contributed by atoms with E-state index in [0.717, 1.165) is 12.3 Å². The number of hydrogen-bond acceptors (Lipinski definition) is 3. The Balaban J connectivity index is 2.62. The summed E-state index contributed by atoms with van der Waals surface area (Å²) >= 11 is 0. The number of hydrogen-bond donors (Lipinski definition) is 0. The second-order valence-corrected chi connectivity index (χ2v) is 3.98. The lowest BCUT2D eigenvalue weighted by molar-refractivity contribution is 0.252. The fraction of sp³-hybridized carbons (Fsp3) is 0.462. The predicted octanol–water partition coefficient (Wildman–Crippen LogP) is 2.43. The van der Waals surface area contributed by atoms with Crippen molar-refractivity contribution < 1.29 is 4.74 Å². The first-order valence-electron chi connectivity index (χ1n) is 5.37. The van der Waals surface area contributed by atoms with Crippen LogP contribution in [0.3, 0.4) is 0 Å². The van der Waals surface area contributed by atoms with Gasteiger partial charge in [-0.15, -0.1) is 0 Å². The molecule has 1 atom stereocenters. The Morgan fingerprint density at radius 3 is 2.88 bits per heavy atom. The Morgan fingerprint density at radius 1 is 1.50 bits per heavy atom. The smallest absolute Gasteiger partial charge is 0.119 e. The molecule has 86 valence electrons. The molecule has 16 heavy (non-hydrogen) atoms. The van der Waals surface area contributed by atoms with Crippen LogP contribution in [0.25, 0.3) is 0 Å². The highest BCUT2D eigenvalue weighted by Gasteiger charge is 2.09. The normalized spacial score (nSPS) is 12.2. The van der Waals surface area contributed by atoms with E-state index in [0.29, 0.717) is 6.42 Å². The van der Waals surface area contributed by atoms with E-state index >= 15 is 0 Å². The summed E-state index contributed by atoms with van der Waals surface area (Å²) in [6.45, 7) is 2.89. The molecule has 1 unspecified atom stereocenters. The molecule has 0 N–H and O–H groups in total. The van der Waals surface area contributed by atoms with Gasteiger partial charge in [-0.1, -0.05) is 12.1 Å². The second-order valence-electron chi connectivity index (χ2n) is 3.98. The molecule has 0 radical (unpaired) electrons. The topological polar surface area (TPSA) is 36.3 Å². The van der Waals surface area contributed by atoms with Crippen LogP contribution < -0.4 is 4.74 Å². The van der Waals surface area contributed by atoms with Crippen LogP contribution in [0.2, 0.25) is 0 Å². The summed E-state index contributed by atoms with van der Waals surface area (Å²) in [7, 11) is 3.70. The summed E-state index contributed by atoms with van der Waals surface area (Å²) in [4.78, 5) is 2.16. The zero-order valence-corrected chi connectivity index (χ0v) is 10.1. The van der Waals surface area contributed by atoms with Crippen molar-refractivity contribution >= 4 is 0 Å². The van der Waals surface area contributed by atoms with Gasteiger partial charge in [-0.2, -0.15) is 5.26 Å². The average molecular weight is 218 g/mol. The Hall–Kier alpha value is -1.53. The van der Waals surface area contributed by atoms with Gasteiger partial charge in [0.15, 0.2) is 0 Å². The quantitative estimate of drug-likeness (QED) is 0.761. The maximum Gasteiger partial charge on any atom is 0.119 e. The summed E-state index contributed by atoms with van der Waals surface area (Å²) in [5, 5.41) is 8.64. The molecule has 0 saturated heterocycles. The Kier molecular flexibility index (Phi) is 4.81. The number of ether oxygens (including phenoxy) is 1. The summed E-state index contributed by atoms with van der Waals surface area (Å²) in [5.74, 6) is 0.874. The van der Waals surface area contributed by atoms with Crippen molar-refractivity contribution in [3.63, 3.8) is 0 Å². The molecule has 0 bridgehead atoms. The van der Waals surface area contributed by atoms with Crippen molar-refractivity contribution in [2.45, 2.75) is 25.9 Å². The van der Waals surface area contributed by atoms with Gasteiger partial charge in [0.2, 0.25) is 0 Å². The van der Waals surface area contributed by atoms with Gasteiger partial charge in [-0.25, -0.2) is 0 Å². The molecular formula is C13H18N2O. The molecule has 0 fully saturated rings. The van der Waals surface area contributed by atoms with Crippen molar-refractivity contribution in [1.82, 2.24) is 4.90 Å². The molecule has 1 rings (SSSR count). The standard InChI is InChI=1S/C13H18N2O/c1-11(7-8-14)15(2)10-12-5-4-6-13(9-12)16-3/h4-6,9,11H,7,10H2,1-3H3. The maximum atomic E-state index is 8.64. The van der Waals surface area contributed by atoms with E-state index in [1.165, 1.54) is 5.56 Å². The van der Waals surface area contributed by atoms with Crippen LogP contribution in [0.15, 0.2) is 24.3 Å². The summed E-state index contributed by atoms with van der Waals surface area (Å²) in [6, 6.07) is 10.5. The van der Waals surface area contributed by atoms with Crippen LogP contribution in [-0.4, -0.2) is 25.1 Å². The summed E-state index contributed by atoms with van der Waals surface area (Å²) in [6.07, 6.45) is 0.556. The van der Waals surface area contributed by atoms with E-state index in [9.17, 15) is 0 Å². The fourth-order valence-corrected chi connectivity index (χ4v) is 1.50. The number of nitrogens with zero attached hydrogens (tertiary/aromatic N) is 2. The SMILES string of the molecule is COc1cccc(CN(C)C(C)CC#N)c1. The predicted molar refractivity (Wildman–Crippen MR) is 64.2 cm³/mol. The van der Waals surface area contributed by atoms with Crippen molar-refractivity contribution in [2.75, 3.05) is 14.2 Å². The van der Waals surface area contributed by atoms with E-state index in [1.54, 1.807) is 7.11 Å². The van der Waals surface area contributed by atoms with E-state index < -0.39 is 0 Å². The first kappa shape index (κ1) is 12.5. The van der Waals surface area contributed by atoms with Crippen LogP contribution in [-0.2, 0) is 6.54 Å². The molecule has 0 aromatic heterocycles. The number of nitriles is 1. The monoisotopic (exact) mass is 218 g/mol. The van der Waals surface area contributed by atoms with Crippen LogP contribution in [0, 0.1) is 11.3 Å². The molecule has 1 aromatic carbocycles. The van der Waals surface area contributed by atoms with Crippen molar-refractivity contribution in [3.05, 3.63) is 29.8 Å². The first-order valence-corrected chi connectivity index (χ1v) is 5.37. The molecule has 0 aliphatic carbocycles. The second kappa shape index (κ2) is 6.14. The van der Waals surface area contributed by atoms with Gasteiger partial charge in [0.25, 0.3) is 0 Å². The highest BCUT2D eigenvalue weighted by atomic mass is 16.5. The molecule has 3 heteroatoms. The van der Waals surface area contributed by atoms with Gasteiger partial charge < -0.3 is 4.74 Å². The van der Waals surface area contributed by atoms with Crippen LogP contribution in [0.5, 0.6) is 5.75 Å². The van der Waals surface area contributed by atoms with Gasteiger partial charge in [-0.05, 0) is 31.7 Å². The van der Waals surface area contributed by atoms with E-state index in [-0.39, 0.29) is 6.04 Å².